The first-order valence-electron chi connectivity index (χ1n) is 4.45. The predicted molar refractivity (Wildman–Crippen MR) is 45.2 cm³/mol. The highest BCUT2D eigenvalue weighted by atomic mass is 16.2. The first kappa shape index (κ1) is 8.57. The van der Waals surface area contributed by atoms with E-state index in [2.05, 4.69) is 12.2 Å². The smallest absolute Gasteiger partial charge is 0.223 e. The highest BCUT2D eigenvalue weighted by Crippen LogP contribution is 2.40. The molecule has 1 aliphatic rings. The summed E-state index contributed by atoms with van der Waals surface area (Å²) in [4.78, 5) is 11.3. The Kier molecular flexibility index (Phi) is 2.53. The molecule has 0 aromatic heterocycles. The summed E-state index contributed by atoms with van der Waals surface area (Å²) >= 11 is 0. The highest BCUT2D eigenvalue weighted by Gasteiger charge is 2.41. The van der Waals surface area contributed by atoms with Gasteiger partial charge in [-0.05, 0) is 26.2 Å². The van der Waals surface area contributed by atoms with E-state index >= 15 is 0 Å². The second-order valence-corrected chi connectivity index (χ2v) is 3.67. The Morgan fingerprint density at radius 3 is 2.64 bits per heavy atom. The number of rotatable bonds is 3. The molecule has 11 heavy (non-hydrogen) atoms. The van der Waals surface area contributed by atoms with Gasteiger partial charge in [0.1, 0.15) is 0 Å². The lowest BCUT2D eigenvalue weighted by Gasteiger charge is -2.06. The van der Waals surface area contributed by atoms with Gasteiger partial charge in [-0.25, -0.2) is 0 Å². The van der Waals surface area contributed by atoms with Crippen molar-refractivity contribution in [2.75, 3.05) is 0 Å². The molecule has 2 heteroatoms. The fourth-order valence-corrected chi connectivity index (χ4v) is 1.41. The van der Waals surface area contributed by atoms with E-state index in [0.29, 0.717) is 17.9 Å². The van der Waals surface area contributed by atoms with Crippen LogP contribution in [0.3, 0.4) is 0 Å². The Balaban J connectivity index is 2.23. The molecule has 0 spiro atoms. The van der Waals surface area contributed by atoms with Crippen molar-refractivity contribution >= 4 is 5.91 Å². The molecule has 2 atom stereocenters. The van der Waals surface area contributed by atoms with Crippen molar-refractivity contribution in [1.29, 1.82) is 0 Å². The van der Waals surface area contributed by atoms with Crippen LogP contribution in [0.5, 0.6) is 0 Å². The Morgan fingerprint density at radius 1 is 1.64 bits per heavy atom. The summed E-state index contributed by atoms with van der Waals surface area (Å²) in [5, 5.41) is 2.93. The minimum absolute atomic E-state index is 0.256. The van der Waals surface area contributed by atoms with Crippen LogP contribution in [0.15, 0.2) is 0 Å². The van der Waals surface area contributed by atoms with E-state index in [-0.39, 0.29) is 5.91 Å². The zero-order valence-electron chi connectivity index (χ0n) is 7.55. The van der Waals surface area contributed by atoms with Crippen LogP contribution in [0.1, 0.15) is 33.6 Å². The van der Waals surface area contributed by atoms with E-state index in [0.717, 1.165) is 12.8 Å². The third-order valence-electron chi connectivity index (χ3n) is 2.21. The lowest BCUT2D eigenvalue weighted by molar-refractivity contribution is -0.123. The molecular formula is C9H17NO. The Morgan fingerprint density at radius 2 is 2.27 bits per heavy atom. The van der Waals surface area contributed by atoms with Gasteiger partial charge in [-0.15, -0.1) is 0 Å². The number of amides is 1. The molecule has 0 unspecified atom stereocenters. The molecule has 0 radical (unpaired) electrons. The van der Waals surface area contributed by atoms with E-state index in [1.807, 2.05) is 13.8 Å². The lowest BCUT2D eigenvalue weighted by atomic mass is 10.2. The molecule has 2 nitrogen and oxygen atoms in total. The summed E-state index contributed by atoms with van der Waals surface area (Å²) in [5.41, 5.74) is 0. The van der Waals surface area contributed by atoms with E-state index < -0.39 is 0 Å². The van der Waals surface area contributed by atoms with Crippen LogP contribution >= 0.6 is 0 Å². The monoisotopic (exact) mass is 155 g/mol. The number of carbonyl (C=O) groups excluding carboxylic acids is 1. The number of nitrogens with one attached hydrogen (secondary N) is 1. The first-order chi connectivity index (χ1) is 5.15. The zero-order chi connectivity index (χ0) is 8.43. The topological polar surface area (TPSA) is 29.1 Å². The maximum absolute atomic E-state index is 11.3. The van der Waals surface area contributed by atoms with Gasteiger partial charge >= 0.3 is 0 Å². The highest BCUT2D eigenvalue weighted by molar-refractivity contribution is 5.81. The van der Waals surface area contributed by atoms with Crippen molar-refractivity contribution in [3.8, 4) is 0 Å². The second-order valence-electron chi connectivity index (χ2n) is 3.67. The van der Waals surface area contributed by atoms with Gasteiger partial charge in [-0.1, -0.05) is 13.3 Å². The third-order valence-corrected chi connectivity index (χ3v) is 2.21. The van der Waals surface area contributed by atoms with Gasteiger partial charge in [0, 0.05) is 12.0 Å². The van der Waals surface area contributed by atoms with Crippen LogP contribution < -0.4 is 5.32 Å². The first-order valence-corrected chi connectivity index (χ1v) is 4.45. The summed E-state index contributed by atoms with van der Waals surface area (Å²) in [6, 6.07) is 0.292. The van der Waals surface area contributed by atoms with Crippen molar-refractivity contribution in [1.82, 2.24) is 5.32 Å². The Hall–Kier alpha value is -0.530. The molecule has 0 saturated heterocycles. The maximum atomic E-state index is 11.3. The average molecular weight is 155 g/mol. The predicted octanol–water partition coefficient (Wildman–Crippen LogP) is 1.56. The average Bonchev–Trinajstić information content (AvgIpc) is 2.63. The quantitative estimate of drug-likeness (QED) is 0.658. The van der Waals surface area contributed by atoms with Crippen molar-refractivity contribution in [2.24, 2.45) is 11.8 Å². The molecule has 1 aliphatic carbocycles. The minimum atomic E-state index is 0.256. The van der Waals surface area contributed by atoms with Gasteiger partial charge in [-0.3, -0.25) is 4.79 Å². The normalized spacial score (nSPS) is 28.7. The standard InChI is InChI=1S/C9H17NO/c1-4-7-5-8(7)9(11)10-6(2)3/h6-8H,4-5H2,1-3H3,(H,10,11)/t7-,8-/m0/s1. The van der Waals surface area contributed by atoms with Gasteiger partial charge < -0.3 is 5.32 Å². The van der Waals surface area contributed by atoms with Crippen molar-refractivity contribution in [2.45, 2.75) is 39.7 Å². The summed E-state index contributed by atoms with van der Waals surface area (Å²) in [5.74, 6) is 1.27. The fourth-order valence-electron chi connectivity index (χ4n) is 1.41. The molecular weight excluding hydrogens is 138 g/mol. The van der Waals surface area contributed by atoms with Gasteiger partial charge in [0.2, 0.25) is 5.91 Å². The van der Waals surface area contributed by atoms with Crippen molar-refractivity contribution < 1.29 is 4.79 Å². The molecule has 1 amide bonds. The Bertz CT molecular complexity index is 154. The maximum Gasteiger partial charge on any atom is 0.223 e. The number of hydrogen-bond donors (Lipinski definition) is 1. The lowest BCUT2D eigenvalue weighted by Crippen LogP contribution is -2.31. The Labute approximate surface area is 68.4 Å². The molecule has 0 aliphatic heterocycles. The zero-order valence-corrected chi connectivity index (χ0v) is 7.55. The van der Waals surface area contributed by atoms with E-state index in [1.165, 1.54) is 0 Å². The molecule has 0 aromatic carbocycles. The van der Waals surface area contributed by atoms with Gasteiger partial charge in [0.25, 0.3) is 0 Å². The van der Waals surface area contributed by atoms with Crippen LogP contribution in [0.4, 0.5) is 0 Å². The molecule has 1 saturated carbocycles. The molecule has 1 fully saturated rings. The SMILES string of the molecule is CC[C@H]1C[C@@H]1C(=O)NC(C)C. The van der Waals surface area contributed by atoms with Gasteiger partial charge in [0.15, 0.2) is 0 Å². The number of hydrogen-bond acceptors (Lipinski definition) is 1. The summed E-state index contributed by atoms with van der Waals surface area (Å²) in [6.45, 7) is 6.15. The van der Waals surface area contributed by atoms with E-state index in [4.69, 9.17) is 0 Å². The minimum Gasteiger partial charge on any atom is -0.354 e. The van der Waals surface area contributed by atoms with Crippen LogP contribution in [-0.4, -0.2) is 11.9 Å². The molecule has 0 aromatic rings. The molecule has 1 N–H and O–H groups in total. The van der Waals surface area contributed by atoms with Crippen LogP contribution in [-0.2, 0) is 4.79 Å². The third kappa shape index (κ3) is 2.21. The van der Waals surface area contributed by atoms with Crippen molar-refractivity contribution in [3.05, 3.63) is 0 Å². The summed E-state index contributed by atoms with van der Waals surface area (Å²) in [7, 11) is 0. The summed E-state index contributed by atoms with van der Waals surface area (Å²) in [6.07, 6.45) is 2.26. The van der Waals surface area contributed by atoms with E-state index in [9.17, 15) is 4.79 Å². The largest absolute Gasteiger partial charge is 0.354 e. The van der Waals surface area contributed by atoms with Crippen LogP contribution in [0.25, 0.3) is 0 Å². The fraction of sp³-hybridized carbons (Fsp3) is 0.889. The molecule has 0 bridgehead atoms. The van der Waals surface area contributed by atoms with Gasteiger partial charge in [0.05, 0.1) is 0 Å². The molecule has 64 valence electrons. The molecule has 1 rings (SSSR count). The molecule has 0 heterocycles. The van der Waals surface area contributed by atoms with Crippen LogP contribution in [0, 0.1) is 11.8 Å². The van der Waals surface area contributed by atoms with Crippen LogP contribution in [0.2, 0.25) is 0 Å². The number of carbonyl (C=O) groups is 1. The van der Waals surface area contributed by atoms with E-state index in [1.54, 1.807) is 0 Å². The summed E-state index contributed by atoms with van der Waals surface area (Å²) < 4.78 is 0. The second kappa shape index (κ2) is 3.24. The van der Waals surface area contributed by atoms with Gasteiger partial charge in [-0.2, -0.15) is 0 Å². The van der Waals surface area contributed by atoms with Crippen molar-refractivity contribution in [3.63, 3.8) is 0 Å².